The number of nitrogens with one attached hydrogen (secondary N) is 1. The minimum atomic E-state index is -0.720. The molecule has 0 aliphatic heterocycles. The molecule has 1 amide bonds. The maximum absolute atomic E-state index is 12.7. The molecular weight excluding hydrogens is 657 g/mol. The van der Waals surface area contributed by atoms with Gasteiger partial charge in [-0.1, -0.05) is 102 Å². The minimum absolute atomic E-state index is 0.111. The van der Waals surface area contributed by atoms with Crippen molar-refractivity contribution in [2.45, 2.75) is 166 Å². The first kappa shape index (κ1) is 44.3. The van der Waals surface area contributed by atoms with E-state index in [4.69, 9.17) is 9.47 Å². The van der Waals surface area contributed by atoms with Crippen LogP contribution in [0.25, 0.3) is 0 Å². The van der Waals surface area contributed by atoms with E-state index in [0.717, 1.165) is 57.5 Å². The van der Waals surface area contributed by atoms with E-state index in [1.54, 1.807) is 24.8 Å². The molecule has 0 radical (unpaired) electrons. The lowest BCUT2D eigenvalue weighted by Gasteiger charge is -2.23. The Bertz CT molecular complexity index is 1320. The third-order valence-electron chi connectivity index (χ3n) is 9.16. The predicted molar refractivity (Wildman–Crippen MR) is 212 cm³/mol. The number of aryl methyl sites for hydroxylation is 2. The van der Waals surface area contributed by atoms with E-state index < -0.39 is 12.0 Å². The maximum Gasteiger partial charge on any atom is 0.333 e. The molecule has 7 nitrogen and oxygen atoms in total. The largest absolute Gasteiger partial charge is 0.426 e. The highest BCUT2D eigenvalue weighted by Gasteiger charge is 2.19. The summed E-state index contributed by atoms with van der Waals surface area (Å²) in [6.07, 6.45) is 21.2. The van der Waals surface area contributed by atoms with Crippen LogP contribution >= 0.6 is 11.8 Å². The van der Waals surface area contributed by atoms with E-state index in [1.807, 2.05) is 44.2 Å². The van der Waals surface area contributed by atoms with Crippen molar-refractivity contribution < 1.29 is 28.3 Å². The van der Waals surface area contributed by atoms with E-state index in [0.29, 0.717) is 24.3 Å². The van der Waals surface area contributed by atoms with Crippen molar-refractivity contribution in [3.8, 4) is 11.5 Å². The quantitative estimate of drug-likeness (QED) is 0.0427. The van der Waals surface area contributed by atoms with Crippen LogP contribution in [0.5, 0.6) is 11.5 Å². The van der Waals surface area contributed by atoms with Crippen LogP contribution < -0.4 is 14.8 Å². The molecule has 0 saturated carbocycles. The summed E-state index contributed by atoms with van der Waals surface area (Å²) < 4.78 is 12.4. The molecule has 0 aliphatic rings. The normalized spacial score (nSPS) is 12.1. The molecule has 2 rings (SSSR count). The monoisotopic (exact) mass is 725 g/mol. The summed E-state index contributed by atoms with van der Waals surface area (Å²) in [5, 5.41) is 2.79. The van der Waals surface area contributed by atoms with Gasteiger partial charge in [0.15, 0.2) is 0 Å². The van der Waals surface area contributed by atoms with Crippen LogP contribution in [0.15, 0.2) is 46.2 Å². The van der Waals surface area contributed by atoms with Crippen molar-refractivity contribution >= 4 is 29.6 Å². The lowest BCUT2D eigenvalue weighted by molar-refractivity contribution is -0.870. The van der Waals surface area contributed by atoms with E-state index >= 15 is 0 Å². The second-order valence-electron chi connectivity index (χ2n) is 15.3. The van der Waals surface area contributed by atoms with Gasteiger partial charge in [0, 0.05) is 22.6 Å². The predicted octanol–water partition coefficient (Wildman–Crippen LogP) is 10.9. The highest BCUT2D eigenvalue weighted by Crippen LogP contribution is 2.34. The number of benzene rings is 2. The molecule has 51 heavy (non-hydrogen) atoms. The number of amides is 1. The van der Waals surface area contributed by atoms with Crippen molar-refractivity contribution in [3.63, 3.8) is 0 Å². The van der Waals surface area contributed by atoms with Gasteiger partial charge < -0.3 is 19.3 Å². The van der Waals surface area contributed by atoms with E-state index in [-0.39, 0.29) is 11.9 Å². The molecule has 0 unspecified atom stereocenters. The molecule has 2 aromatic rings. The number of hydrogen-bond donors (Lipinski definition) is 1. The van der Waals surface area contributed by atoms with Gasteiger partial charge in [-0.25, -0.2) is 4.79 Å². The molecule has 0 aromatic heterocycles. The van der Waals surface area contributed by atoms with Crippen LogP contribution in [-0.2, 0) is 14.4 Å². The van der Waals surface area contributed by atoms with Gasteiger partial charge in [0.05, 0.1) is 27.7 Å². The van der Waals surface area contributed by atoms with Gasteiger partial charge >= 0.3 is 11.9 Å². The third-order valence-corrected chi connectivity index (χ3v) is 10.1. The number of carbonyl (C=O) groups is 3. The van der Waals surface area contributed by atoms with Crippen LogP contribution in [0.3, 0.4) is 0 Å². The second-order valence-corrected chi connectivity index (χ2v) is 16.5. The second kappa shape index (κ2) is 25.2. The first-order valence-corrected chi connectivity index (χ1v) is 20.6. The van der Waals surface area contributed by atoms with Crippen LogP contribution in [-0.4, -0.2) is 56.1 Å². The van der Waals surface area contributed by atoms with Crippen LogP contribution in [0, 0.1) is 13.8 Å². The van der Waals surface area contributed by atoms with Crippen LogP contribution in [0.4, 0.5) is 0 Å². The Morgan fingerprint density at radius 2 is 1.10 bits per heavy atom. The van der Waals surface area contributed by atoms with E-state index in [2.05, 4.69) is 33.4 Å². The number of rotatable bonds is 27. The summed E-state index contributed by atoms with van der Waals surface area (Å²) >= 11 is 1.59. The fraction of sp³-hybridized carbons (Fsp3) is 0.651. The Morgan fingerprint density at radius 1 is 0.647 bits per heavy atom. The number of unbranched alkanes of at least 4 members (excludes halogenated alkanes) is 15. The summed E-state index contributed by atoms with van der Waals surface area (Å²) in [6, 6.07) is 10.8. The SMILES string of the molecule is CCCCCCCCCCCC(=O)N[C@@H](C)C(=O)Oc1ccc(Sc2ccc(OC(=O)CCCCCCCCCC[N+](C)(C)C)c(C)c2)cc1C. The number of esters is 2. The Kier molecular flexibility index (Phi) is 21.9. The summed E-state index contributed by atoms with van der Waals surface area (Å²) in [4.78, 5) is 39.6. The number of carbonyl (C=O) groups excluding carboxylic acids is 3. The summed E-state index contributed by atoms with van der Waals surface area (Å²) in [7, 11) is 6.74. The zero-order chi connectivity index (χ0) is 37.5. The molecule has 0 spiro atoms. The van der Waals surface area contributed by atoms with Crippen molar-refractivity contribution in [3.05, 3.63) is 47.5 Å². The van der Waals surface area contributed by atoms with Gasteiger partial charge in [-0.2, -0.15) is 0 Å². The van der Waals surface area contributed by atoms with Crippen molar-refractivity contribution in [2.75, 3.05) is 27.7 Å². The van der Waals surface area contributed by atoms with Gasteiger partial charge in [0.1, 0.15) is 17.5 Å². The summed E-state index contributed by atoms with van der Waals surface area (Å²) in [5.74, 6) is 0.323. The molecule has 0 aliphatic carbocycles. The molecule has 0 bridgehead atoms. The first-order valence-electron chi connectivity index (χ1n) is 19.8. The van der Waals surface area contributed by atoms with Crippen LogP contribution in [0.1, 0.15) is 147 Å². The standard InChI is InChI=1S/C43H68N2O5S/c1-8-9-10-11-12-13-16-19-22-25-41(46)44-36(4)43(48)50-40-30-28-38(33-35(40)3)51-37-27-29-39(34(2)32-37)49-42(47)26-23-20-17-14-15-18-21-24-31-45(5,6)7/h27-30,32-33,36H,8-26,31H2,1-7H3/p+1/t36-/m0/s1. The number of ether oxygens (including phenoxy) is 2. The molecule has 0 saturated heterocycles. The lowest BCUT2D eigenvalue weighted by atomic mass is 10.1. The van der Waals surface area contributed by atoms with Crippen LogP contribution in [0.2, 0.25) is 0 Å². The highest BCUT2D eigenvalue weighted by molar-refractivity contribution is 7.99. The highest BCUT2D eigenvalue weighted by atomic mass is 32.2. The number of quaternary nitrogens is 1. The van der Waals surface area contributed by atoms with Gasteiger partial charge in [0.2, 0.25) is 5.91 Å². The van der Waals surface area contributed by atoms with E-state index in [9.17, 15) is 14.4 Å². The molecule has 1 atom stereocenters. The third kappa shape index (κ3) is 20.7. The average Bonchev–Trinajstić information content (AvgIpc) is 3.06. The molecule has 0 fully saturated rings. The number of nitrogens with zero attached hydrogens (tertiary/aromatic N) is 1. The molecule has 286 valence electrons. The zero-order valence-corrected chi connectivity index (χ0v) is 33.9. The van der Waals surface area contributed by atoms with Crippen molar-refractivity contribution in [1.29, 1.82) is 0 Å². The molecule has 0 heterocycles. The Balaban J connectivity index is 1.68. The average molecular weight is 726 g/mol. The molecular formula is C43H69N2O5S+. The maximum atomic E-state index is 12.7. The van der Waals surface area contributed by atoms with Gasteiger partial charge in [-0.15, -0.1) is 0 Å². The lowest BCUT2D eigenvalue weighted by Crippen LogP contribution is -2.40. The topological polar surface area (TPSA) is 81.7 Å². The fourth-order valence-electron chi connectivity index (χ4n) is 5.99. The zero-order valence-electron chi connectivity index (χ0n) is 33.1. The molecule has 8 heteroatoms. The Morgan fingerprint density at radius 3 is 1.59 bits per heavy atom. The first-order chi connectivity index (χ1) is 24.4. The van der Waals surface area contributed by atoms with Gasteiger partial charge in [0.25, 0.3) is 0 Å². The smallest absolute Gasteiger partial charge is 0.333 e. The molecule has 2 aromatic carbocycles. The number of hydrogen-bond acceptors (Lipinski definition) is 6. The molecule has 1 N–H and O–H groups in total. The Labute approximate surface area is 314 Å². The van der Waals surface area contributed by atoms with Crippen molar-refractivity contribution in [2.24, 2.45) is 0 Å². The summed E-state index contributed by atoms with van der Waals surface area (Å²) in [6.45, 7) is 8.99. The summed E-state index contributed by atoms with van der Waals surface area (Å²) in [5.41, 5.74) is 1.74. The van der Waals surface area contributed by atoms with Gasteiger partial charge in [-0.3, -0.25) is 9.59 Å². The van der Waals surface area contributed by atoms with Gasteiger partial charge in [-0.05, 0) is 94.0 Å². The van der Waals surface area contributed by atoms with E-state index in [1.165, 1.54) is 83.6 Å². The fourth-order valence-corrected chi connectivity index (χ4v) is 7.01. The minimum Gasteiger partial charge on any atom is -0.426 e. The van der Waals surface area contributed by atoms with Crippen molar-refractivity contribution in [1.82, 2.24) is 5.32 Å². The Hall–Kier alpha value is -2.84.